The maximum atomic E-state index is 12.1. The van der Waals surface area contributed by atoms with Gasteiger partial charge in [-0.3, -0.25) is 4.79 Å². The number of rotatable bonds is 4. The molecule has 2 atom stereocenters. The second-order valence-electron chi connectivity index (χ2n) is 6.16. The number of ether oxygens (including phenoxy) is 1. The molecule has 2 saturated heterocycles. The van der Waals surface area contributed by atoms with Crippen molar-refractivity contribution in [3.05, 3.63) is 0 Å². The number of carbonyl (C=O) groups excluding carboxylic acids is 1. The van der Waals surface area contributed by atoms with E-state index in [0.717, 1.165) is 51.8 Å². The summed E-state index contributed by atoms with van der Waals surface area (Å²) in [7, 11) is 0. The van der Waals surface area contributed by atoms with Gasteiger partial charge in [-0.25, -0.2) is 0 Å². The summed E-state index contributed by atoms with van der Waals surface area (Å²) in [6.45, 7) is 7.53. The number of piperidine rings is 1. The Labute approximate surface area is 116 Å². The highest BCUT2D eigenvalue weighted by Crippen LogP contribution is 2.27. The van der Waals surface area contributed by atoms with Crippen molar-refractivity contribution in [2.24, 2.45) is 0 Å². The van der Waals surface area contributed by atoms with Crippen LogP contribution in [0, 0.1) is 0 Å². The number of amides is 1. The maximum Gasteiger partial charge on any atom is 0.236 e. The van der Waals surface area contributed by atoms with E-state index >= 15 is 0 Å². The third-order valence-corrected chi connectivity index (χ3v) is 4.59. The normalized spacial score (nSPS) is 32.3. The molecule has 2 rings (SSSR count). The fraction of sp³-hybridized carbons (Fsp3) is 0.933. The first-order chi connectivity index (χ1) is 9.13. The van der Waals surface area contributed by atoms with Gasteiger partial charge in [-0.15, -0.1) is 0 Å². The highest BCUT2D eigenvalue weighted by molar-refractivity contribution is 5.78. The van der Waals surface area contributed by atoms with Crippen molar-refractivity contribution >= 4 is 5.91 Å². The predicted molar refractivity (Wildman–Crippen MR) is 76.1 cm³/mol. The molecule has 2 aliphatic heterocycles. The van der Waals surface area contributed by atoms with Gasteiger partial charge in [0.05, 0.1) is 12.1 Å². The SMILES string of the molecule is CCC1(C)CC(NCC(=O)N2CCCCC2)CCO1. The average Bonchev–Trinajstić information content (AvgIpc) is 2.46. The molecule has 2 fully saturated rings. The first-order valence-corrected chi connectivity index (χ1v) is 7.78. The van der Waals surface area contributed by atoms with Crippen molar-refractivity contribution in [1.82, 2.24) is 10.2 Å². The van der Waals surface area contributed by atoms with E-state index < -0.39 is 0 Å². The van der Waals surface area contributed by atoms with Crippen LogP contribution in [0.5, 0.6) is 0 Å². The Morgan fingerprint density at radius 1 is 1.37 bits per heavy atom. The van der Waals surface area contributed by atoms with Gasteiger partial charge in [-0.05, 0) is 45.4 Å². The summed E-state index contributed by atoms with van der Waals surface area (Å²) in [5.41, 5.74) is -0.00983. The van der Waals surface area contributed by atoms with E-state index in [1.807, 2.05) is 4.90 Å². The molecule has 0 aromatic heterocycles. The first kappa shape index (κ1) is 14.8. The molecule has 0 saturated carbocycles. The number of nitrogens with zero attached hydrogens (tertiary/aromatic N) is 1. The van der Waals surface area contributed by atoms with Crippen molar-refractivity contribution in [3.63, 3.8) is 0 Å². The third kappa shape index (κ3) is 4.18. The van der Waals surface area contributed by atoms with Gasteiger partial charge in [-0.1, -0.05) is 6.92 Å². The summed E-state index contributed by atoms with van der Waals surface area (Å²) in [6.07, 6.45) is 6.66. The minimum absolute atomic E-state index is 0.00983. The van der Waals surface area contributed by atoms with Gasteiger partial charge in [0, 0.05) is 25.7 Å². The van der Waals surface area contributed by atoms with E-state index in [0.29, 0.717) is 12.6 Å². The predicted octanol–water partition coefficient (Wildman–Crippen LogP) is 1.94. The number of hydrogen-bond acceptors (Lipinski definition) is 3. The lowest BCUT2D eigenvalue weighted by Gasteiger charge is -2.38. The van der Waals surface area contributed by atoms with Crippen LogP contribution in [-0.2, 0) is 9.53 Å². The summed E-state index contributed by atoms with van der Waals surface area (Å²) in [6, 6.07) is 0.424. The quantitative estimate of drug-likeness (QED) is 0.847. The maximum absolute atomic E-state index is 12.1. The number of carbonyl (C=O) groups is 1. The van der Waals surface area contributed by atoms with Crippen LogP contribution in [0.4, 0.5) is 0 Å². The summed E-state index contributed by atoms with van der Waals surface area (Å²) < 4.78 is 5.83. The molecule has 2 aliphatic rings. The van der Waals surface area contributed by atoms with Gasteiger partial charge in [0.15, 0.2) is 0 Å². The molecule has 4 heteroatoms. The topological polar surface area (TPSA) is 41.6 Å². The summed E-state index contributed by atoms with van der Waals surface area (Å²) in [4.78, 5) is 14.1. The van der Waals surface area contributed by atoms with E-state index in [2.05, 4.69) is 19.2 Å². The molecule has 19 heavy (non-hydrogen) atoms. The van der Waals surface area contributed by atoms with E-state index in [1.54, 1.807) is 0 Å². The van der Waals surface area contributed by atoms with Gasteiger partial charge >= 0.3 is 0 Å². The molecule has 0 bridgehead atoms. The van der Waals surface area contributed by atoms with E-state index in [4.69, 9.17) is 4.74 Å². The zero-order valence-corrected chi connectivity index (χ0v) is 12.4. The molecule has 0 spiro atoms. The zero-order chi connectivity index (χ0) is 13.7. The molecule has 4 nitrogen and oxygen atoms in total. The summed E-state index contributed by atoms with van der Waals surface area (Å²) >= 11 is 0. The highest BCUT2D eigenvalue weighted by Gasteiger charge is 2.31. The van der Waals surface area contributed by atoms with Crippen LogP contribution < -0.4 is 5.32 Å². The third-order valence-electron chi connectivity index (χ3n) is 4.59. The van der Waals surface area contributed by atoms with Gasteiger partial charge in [-0.2, -0.15) is 0 Å². The molecule has 110 valence electrons. The van der Waals surface area contributed by atoms with Crippen LogP contribution in [0.1, 0.15) is 52.4 Å². The Bertz CT molecular complexity index is 303. The van der Waals surface area contributed by atoms with Crippen molar-refractivity contribution in [3.8, 4) is 0 Å². The lowest BCUT2D eigenvalue weighted by molar-refractivity contribution is -0.131. The summed E-state index contributed by atoms with van der Waals surface area (Å²) in [5, 5.41) is 3.44. The lowest BCUT2D eigenvalue weighted by Crippen LogP contribution is -2.48. The van der Waals surface area contributed by atoms with Gasteiger partial charge in [0.1, 0.15) is 0 Å². The van der Waals surface area contributed by atoms with Crippen LogP contribution in [0.25, 0.3) is 0 Å². The van der Waals surface area contributed by atoms with E-state index in [1.165, 1.54) is 6.42 Å². The number of nitrogens with one attached hydrogen (secondary N) is 1. The second-order valence-corrected chi connectivity index (χ2v) is 6.16. The van der Waals surface area contributed by atoms with Gasteiger partial charge < -0.3 is 15.0 Å². The van der Waals surface area contributed by atoms with Crippen LogP contribution in [0.15, 0.2) is 0 Å². The van der Waals surface area contributed by atoms with Gasteiger partial charge in [0.25, 0.3) is 0 Å². The number of hydrogen-bond donors (Lipinski definition) is 1. The minimum atomic E-state index is -0.00983. The fourth-order valence-electron chi connectivity index (χ4n) is 3.04. The molecule has 0 aromatic carbocycles. The number of likely N-dealkylation sites (tertiary alicyclic amines) is 1. The lowest BCUT2D eigenvalue weighted by atomic mass is 9.90. The molecule has 0 aromatic rings. The second kappa shape index (κ2) is 6.71. The Balaban J connectivity index is 1.73. The molecule has 1 amide bonds. The van der Waals surface area contributed by atoms with Gasteiger partial charge in [0.2, 0.25) is 5.91 Å². The van der Waals surface area contributed by atoms with Crippen LogP contribution >= 0.6 is 0 Å². The molecule has 0 radical (unpaired) electrons. The highest BCUT2D eigenvalue weighted by atomic mass is 16.5. The van der Waals surface area contributed by atoms with E-state index in [9.17, 15) is 4.79 Å². The Kier molecular flexibility index (Phi) is 5.22. The van der Waals surface area contributed by atoms with E-state index in [-0.39, 0.29) is 11.5 Å². The van der Waals surface area contributed by atoms with Crippen LogP contribution in [-0.4, -0.2) is 48.7 Å². The molecule has 0 aliphatic carbocycles. The van der Waals surface area contributed by atoms with Crippen LogP contribution in [0.2, 0.25) is 0 Å². The minimum Gasteiger partial charge on any atom is -0.375 e. The fourth-order valence-corrected chi connectivity index (χ4v) is 3.04. The van der Waals surface area contributed by atoms with Crippen molar-refractivity contribution in [1.29, 1.82) is 0 Å². The van der Waals surface area contributed by atoms with Crippen molar-refractivity contribution in [2.75, 3.05) is 26.2 Å². The zero-order valence-electron chi connectivity index (χ0n) is 12.4. The Hall–Kier alpha value is -0.610. The monoisotopic (exact) mass is 268 g/mol. The van der Waals surface area contributed by atoms with Crippen molar-refractivity contribution < 1.29 is 9.53 Å². The standard InChI is InChI=1S/C15H28N2O2/c1-3-15(2)11-13(7-10-19-15)16-12-14(18)17-8-5-4-6-9-17/h13,16H,3-12H2,1-2H3. The molecule has 1 N–H and O–H groups in total. The first-order valence-electron chi connectivity index (χ1n) is 7.78. The molecular formula is C15H28N2O2. The smallest absolute Gasteiger partial charge is 0.236 e. The molecule has 2 heterocycles. The van der Waals surface area contributed by atoms with Crippen molar-refractivity contribution in [2.45, 2.75) is 64.0 Å². The Morgan fingerprint density at radius 2 is 2.11 bits per heavy atom. The molecule has 2 unspecified atom stereocenters. The summed E-state index contributed by atoms with van der Waals surface area (Å²) in [5.74, 6) is 0.268. The average molecular weight is 268 g/mol. The Morgan fingerprint density at radius 3 is 2.79 bits per heavy atom. The van der Waals surface area contributed by atoms with Crippen LogP contribution in [0.3, 0.4) is 0 Å². The largest absolute Gasteiger partial charge is 0.375 e. The molecular weight excluding hydrogens is 240 g/mol.